The lowest BCUT2D eigenvalue weighted by Gasteiger charge is -2.39. The van der Waals surface area contributed by atoms with Crippen molar-refractivity contribution in [2.45, 2.75) is 44.9 Å². The van der Waals surface area contributed by atoms with E-state index < -0.39 is 11.7 Å². The molecule has 1 aromatic rings. The van der Waals surface area contributed by atoms with Gasteiger partial charge >= 0.3 is 6.18 Å². The predicted octanol–water partition coefficient (Wildman–Crippen LogP) is 3.65. The Bertz CT molecular complexity index is 459. The maximum atomic E-state index is 13.1. The van der Waals surface area contributed by atoms with E-state index in [1.807, 2.05) is 0 Å². The lowest BCUT2D eigenvalue weighted by atomic mass is 9.88. The number of nitrogens with zero attached hydrogens (tertiary/aromatic N) is 1. The summed E-state index contributed by atoms with van der Waals surface area (Å²) < 4.78 is 39.2. The van der Waals surface area contributed by atoms with E-state index in [1.54, 1.807) is 12.1 Å². The van der Waals surface area contributed by atoms with E-state index >= 15 is 0 Å². The summed E-state index contributed by atoms with van der Waals surface area (Å²) in [6.07, 6.45) is -1.15. The molecule has 118 valence electrons. The summed E-state index contributed by atoms with van der Waals surface area (Å²) in [5, 5.41) is 0. The van der Waals surface area contributed by atoms with Gasteiger partial charge in [-0.05, 0) is 36.9 Å². The van der Waals surface area contributed by atoms with Crippen molar-refractivity contribution in [1.82, 2.24) is 4.90 Å². The fraction of sp³-hybridized carbons (Fsp3) is 0.625. The molecule has 2 rings (SSSR count). The minimum absolute atomic E-state index is 0.185. The standard InChI is InChI=1S/C16H23F3N2/c1-2-12-7-8-21(14(9-12)10-20)11-13-5-3-4-6-15(13)16(17,18)19/h3-6,12,14H,2,7-11,20H2,1H3. The molecule has 0 aromatic heterocycles. The van der Waals surface area contributed by atoms with E-state index in [2.05, 4.69) is 11.8 Å². The van der Waals surface area contributed by atoms with Crippen LogP contribution in [-0.2, 0) is 12.7 Å². The predicted molar refractivity (Wildman–Crippen MR) is 77.7 cm³/mol. The highest BCUT2D eigenvalue weighted by atomic mass is 19.4. The zero-order valence-corrected chi connectivity index (χ0v) is 12.4. The van der Waals surface area contributed by atoms with E-state index in [4.69, 9.17) is 5.73 Å². The largest absolute Gasteiger partial charge is 0.416 e. The molecule has 1 aliphatic rings. The van der Waals surface area contributed by atoms with Gasteiger partial charge in [-0.3, -0.25) is 4.90 Å². The molecule has 2 unspecified atom stereocenters. The van der Waals surface area contributed by atoms with Crippen LogP contribution in [0, 0.1) is 5.92 Å². The second-order valence-electron chi connectivity index (χ2n) is 5.81. The van der Waals surface area contributed by atoms with Crippen molar-refractivity contribution in [2.24, 2.45) is 11.7 Å². The molecule has 2 N–H and O–H groups in total. The summed E-state index contributed by atoms with van der Waals surface area (Å²) in [5.74, 6) is 0.646. The van der Waals surface area contributed by atoms with Gasteiger partial charge in [-0.2, -0.15) is 13.2 Å². The molecule has 0 amide bonds. The third-order valence-electron chi connectivity index (χ3n) is 4.49. The first-order valence-corrected chi connectivity index (χ1v) is 7.55. The van der Waals surface area contributed by atoms with E-state index in [9.17, 15) is 13.2 Å². The summed E-state index contributed by atoms with van der Waals surface area (Å²) in [5.41, 5.74) is 5.64. The molecule has 1 saturated heterocycles. The zero-order chi connectivity index (χ0) is 15.5. The third-order valence-corrected chi connectivity index (χ3v) is 4.49. The molecule has 0 saturated carbocycles. The first-order chi connectivity index (χ1) is 9.95. The van der Waals surface area contributed by atoms with Crippen molar-refractivity contribution in [3.05, 3.63) is 35.4 Å². The molecule has 21 heavy (non-hydrogen) atoms. The fourth-order valence-electron chi connectivity index (χ4n) is 3.16. The van der Waals surface area contributed by atoms with Crippen LogP contribution in [0.3, 0.4) is 0 Å². The summed E-state index contributed by atoms with van der Waals surface area (Å²) in [6.45, 7) is 3.82. The van der Waals surface area contributed by atoms with Gasteiger partial charge < -0.3 is 5.73 Å². The van der Waals surface area contributed by atoms with Crippen LogP contribution in [-0.4, -0.2) is 24.0 Å². The number of piperidine rings is 1. The Kier molecular flexibility index (Phi) is 5.27. The van der Waals surface area contributed by atoms with Crippen LogP contribution in [0.4, 0.5) is 13.2 Å². The van der Waals surface area contributed by atoms with Crippen molar-refractivity contribution in [2.75, 3.05) is 13.1 Å². The van der Waals surface area contributed by atoms with Gasteiger partial charge in [-0.1, -0.05) is 31.5 Å². The molecule has 5 heteroatoms. The highest BCUT2D eigenvalue weighted by Crippen LogP contribution is 2.33. The minimum Gasteiger partial charge on any atom is -0.329 e. The normalized spacial score (nSPS) is 24.2. The topological polar surface area (TPSA) is 29.3 Å². The molecular formula is C16H23F3N2. The number of likely N-dealkylation sites (tertiary alicyclic amines) is 1. The summed E-state index contributed by atoms with van der Waals surface area (Å²) in [4.78, 5) is 2.11. The highest BCUT2D eigenvalue weighted by Gasteiger charge is 2.34. The van der Waals surface area contributed by atoms with Crippen molar-refractivity contribution in [3.8, 4) is 0 Å². The first kappa shape index (κ1) is 16.3. The van der Waals surface area contributed by atoms with E-state index in [0.29, 0.717) is 24.6 Å². The van der Waals surface area contributed by atoms with Gasteiger partial charge in [0, 0.05) is 19.1 Å². The maximum Gasteiger partial charge on any atom is 0.416 e. The van der Waals surface area contributed by atoms with Crippen LogP contribution in [0.25, 0.3) is 0 Å². The van der Waals surface area contributed by atoms with Crippen LogP contribution in [0.15, 0.2) is 24.3 Å². The van der Waals surface area contributed by atoms with Gasteiger partial charge in [0.25, 0.3) is 0 Å². The van der Waals surface area contributed by atoms with E-state index in [1.165, 1.54) is 6.07 Å². The van der Waals surface area contributed by atoms with Crippen LogP contribution in [0.5, 0.6) is 0 Å². The molecule has 1 heterocycles. The van der Waals surface area contributed by atoms with Gasteiger partial charge in [0.15, 0.2) is 0 Å². The smallest absolute Gasteiger partial charge is 0.329 e. The Hall–Kier alpha value is -1.07. The molecule has 1 aromatic carbocycles. The molecule has 2 atom stereocenters. The van der Waals surface area contributed by atoms with Gasteiger partial charge in [0.05, 0.1) is 5.56 Å². The number of hydrogen-bond donors (Lipinski definition) is 1. The number of alkyl halides is 3. The first-order valence-electron chi connectivity index (χ1n) is 7.55. The fourth-order valence-corrected chi connectivity index (χ4v) is 3.16. The quantitative estimate of drug-likeness (QED) is 0.919. The van der Waals surface area contributed by atoms with Crippen molar-refractivity contribution in [3.63, 3.8) is 0 Å². The zero-order valence-electron chi connectivity index (χ0n) is 12.4. The summed E-state index contributed by atoms with van der Waals surface area (Å²) >= 11 is 0. The van der Waals surface area contributed by atoms with Crippen molar-refractivity contribution in [1.29, 1.82) is 0 Å². The van der Waals surface area contributed by atoms with Gasteiger partial charge in [0.2, 0.25) is 0 Å². The molecule has 2 nitrogen and oxygen atoms in total. The summed E-state index contributed by atoms with van der Waals surface area (Å²) in [7, 11) is 0. The second-order valence-corrected chi connectivity index (χ2v) is 5.81. The Morgan fingerprint density at radius 2 is 2.00 bits per heavy atom. The molecule has 1 fully saturated rings. The molecule has 0 bridgehead atoms. The van der Waals surface area contributed by atoms with Crippen LogP contribution >= 0.6 is 0 Å². The molecule has 0 aliphatic carbocycles. The number of hydrogen-bond acceptors (Lipinski definition) is 2. The lowest BCUT2D eigenvalue weighted by molar-refractivity contribution is -0.138. The van der Waals surface area contributed by atoms with Crippen LogP contribution < -0.4 is 5.73 Å². The Morgan fingerprint density at radius 3 is 2.62 bits per heavy atom. The number of rotatable bonds is 4. The number of nitrogens with two attached hydrogens (primary N) is 1. The Morgan fingerprint density at radius 1 is 1.29 bits per heavy atom. The van der Waals surface area contributed by atoms with Crippen molar-refractivity contribution >= 4 is 0 Å². The molecule has 0 spiro atoms. The van der Waals surface area contributed by atoms with E-state index in [-0.39, 0.29) is 6.04 Å². The Balaban J connectivity index is 2.14. The Labute approximate surface area is 124 Å². The second kappa shape index (κ2) is 6.79. The van der Waals surface area contributed by atoms with Gasteiger partial charge in [0.1, 0.15) is 0 Å². The monoisotopic (exact) mass is 300 g/mol. The van der Waals surface area contributed by atoms with E-state index in [0.717, 1.165) is 31.9 Å². The van der Waals surface area contributed by atoms with Gasteiger partial charge in [-0.15, -0.1) is 0 Å². The SMILES string of the molecule is CCC1CCN(Cc2ccccc2C(F)(F)F)C(CN)C1. The minimum atomic E-state index is -4.30. The van der Waals surface area contributed by atoms with Crippen molar-refractivity contribution < 1.29 is 13.2 Å². The lowest BCUT2D eigenvalue weighted by Crippen LogP contribution is -2.46. The van der Waals surface area contributed by atoms with Crippen LogP contribution in [0.1, 0.15) is 37.3 Å². The molecule has 0 radical (unpaired) electrons. The third kappa shape index (κ3) is 3.98. The molecular weight excluding hydrogens is 277 g/mol. The number of benzene rings is 1. The maximum absolute atomic E-state index is 13.1. The number of halogens is 3. The van der Waals surface area contributed by atoms with Crippen LogP contribution in [0.2, 0.25) is 0 Å². The summed E-state index contributed by atoms with van der Waals surface area (Å²) in [6, 6.07) is 6.02. The van der Waals surface area contributed by atoms with Gasteiger partial charge in [-0.25, -0.2) is 0 Å². The highest BCUT2D eigenvalue weighted by molar-refractivity contribution is 5.29. The average molecular weight is 300 g/mol. The average Bonchev–Trinajstić information content (AvgIpc) is 2.47. The molecule has 1 aliphatic heterocycles.